The Hall–Kier alpha value is -4.42. The van der Waals surface area contributed by atoms with Crippen LogP contribution in [-0.4, -0.2) is 35.1 Å². The second kappa shape index (κ2) is 9.83. The Balaban J connectivity index is 1.44. The number of furan rings is 1. The van der Waals surface area contributed by atoms with Gasteiger partial charge in [-0.3, -0.25) is 20.4 Å². The van der Waals surface area contributed by atoms with E-state index < -0.39 is 21.8 Å². The van der Waals surface area contributed by atoms with Crippen molar-refractivity contribution >= 4 is 21.8 Å². The average Bonchev–Trinajstić information content (AvgIpc) is 3.51. The molecule has 4 aromatic rings. The van der Waals surface area contributed by atoms with Crippen molar-refractivity contribution < 1.29 is 27.5 Å². The molecule has 0 radical (unpaired) electrons. The molecule has 0 aliphatic rings. The molecule has 4 N–H and O–H groups in total. The number of sulfonamides is 1. The van der Waals surface area contributed by atoms with Crippen LogP contribution in [0.2, 0.25) is 0 Å². The first kappa shape index (κ1) is 23.7. The van der Waals surface area contributed by atoms with Crippen molar-refractivity contribution in [2.24, 2.45) is 0 Å². The number of nitrogens with zero attached hydrogens (tertiary/aromatic N) is 2. The van der Waals surface area contributed by atoms with E-state index in [0.29, 0.717) is 17.0 Å². The zero-order valence-electron chi connectivity index (χ0n) is 18.4. The van der Waals surface area contributed by atoms with Gasteiger partial charge in [-0.2, -0.15) is 5.10 Å². The maximum absolute atomic E-state index is 12.7. The quantitative estimate of drug-likeness (QED) is 0.286. The number of benzene rings is 2. The molecule has 0 aliphatic heterocycles. The summed E-state index contributed by atoms with van der Waals surface area (Å²) < 4.78 is 34.1. The summed E-state index contributed by atoms with van der Waals surface area (Å²) in [5.74, 6) is -1.56. The van der Waals surface area contributed by atoms with Crippen molar-refractivity contribution in [1.29, 1.82) is 0 Å². The maximum Gasteiger partial charge on any atom is 0.294 e. The Bertz CT molecular complexity index is 1460. The van der Waals surface area contributed by atoms with Crippen LogP contribution >= 0.6 is 0 Å². The highest BCUT2D eigenvalue weighted by molar-refractivity contribution is 7.89. The fourth-order valence-electron chi connectivity index (χ4n) is 3.16. The van der Waals surface area contributed by atoms with Gasteiger partial charge in [-0.05, 0) is 48.9 Å². The molecule has 11 nitrogen and oxygen atoms in total. The minimum absolute atomic E-state index is 0.0326. The van der Waals surface area contributed by atoms with E-state index in [1.807, 2.05) is 6.07 Å². The molecule has 12 heteroatoms. The van der Waals surface area contributed by atoms with Crippen molar-refractivity contribution in [2.45, 2.75) is 18.4 Å². The lowest BCUT2D eigenvalue weighted by molar-refractivity contribution is 0.0841. The molecule has 2 heterocycles. The number of hydrogen-bond donors (Lipinski definition) is 4. The number of hydrogen-bond acceptors (Lipinski definition) is 7. The van der Waals surface area contributed by atoms with Crippen LogP contribution < -0.4 is 15.6 Å². The number of carbonyl (C=O) groups is 2. The van der Waals surface area contributed by atoms with Crippen LogP contribution in [0.1, 0.15) is 32.2 Å². The molecule has 0 unspecified atom stereocenters. The largest absolute Gasteiger partial charge is 0.504 e. The molecule has 0 bridgehead atoms. The van der Waals surface area contributed by atoms with Gasteiger partial charge in [0.2, 0.25) is 10.0 Å². The van der Waals surface area contributed by atoms with Crippen LogP contribution in [0, 0.1) is 6.92 Å². The van der Waals surface area contributed by atoms with Crippen LogP contribution in [0.25, 0.3) is 5.69 Å². The van der Waals surface area contributed by atoms with E-state index in [-0.39, 0.29) is 28.4 Å². The van der Waals surface area contributed by atoms with E-state index in [4.69, 9.17) is 4.42 Å². The average molecular weight is 496 g/mol. The van der Waals surface area contributed by atoms with E-state index in [0.717, 1.165) is 0 Å². The molecule has 2 aromatic heterocycles. The lowest BCUT2D eigenvalue weighted by Gasteiger charge is -2.11. The van der Waals surface area contributed by atoms with Gasteiger partial charge in [0.05, 0.1) is 29.6 Å². The minimum atomic E-state index is -3.94. The highest BCUT2D eigenvalue weighted by atomic mass is 32.2. The molecule has 180 valence electrons. The second-order valence-electron chi connectivity index (χ2n) is 7.43. The SMILES string of the molecule is Cc1ccc(S(=O)(=O)NCc2ccco2)cc1C(=O)NNC(=O)c1nn(-c2ccccc2)cc1O. The lowest BCUT2D eigenvalue weighted by atomic mass is 10.1. The van der Waals surface area contributed by atoms with Gasteiger partial charge in [0, 0.05) is 5.56 Å². The predicted molar refractivity (Wildman–Crippen MR) is 124 cm³/mol. The number of aromatic hydroxyl groups is 1. The number of aryl methyl sites for hydroxylation is 1. The first-order chi connectivity index (χ1) is 16.7. The van der Waals surface area contributed by atoms with Crippen LogP contribution in [0.5, 0.6) is 5.75 Å². The van der Waals surface area contributed by atoms with Crippen molar-refractivity contribution in [2.75, 3.05) is 0 Å². The summed E-state index contributed by atoms with van der Waals surface area (Å²) >= 11 is 0. The Morgan fingerprint density at radius 1 is 1.03 bits per heavy atom. The summed E-state index contributed by atoms with van der Waals surface area (Å²) in [6.07, 6.45) is 2.69. The number of hydrazine groups is 1. The van der Waals surface area contributed by atoms with Crippen LogP contribution in [0.15, 0.2) is 82.4 Å². The van der Waals surface area contributed by atoms with Gasteiger partial charge in [0.15, 0.2) is 11.4 Å². The summed E-state index contributed by atoms with van der Waals surface area (Å²) in [7, 11) is -3.94. The number of nitrogens with one attached hydrogen (secondary N) is 3. The van der Waals surface area contributed by atoms with Gasteiger partial charge in [-0.25, -0.2) is 17.8 Å². The molecule has 0 fully saturated rings. The zero-order valence-corrected chi connectivity index (χ0v) is 19.2. The van der Waals surface area contributed by atoms with Gasteiger partial charge in [-0.1, -0.05) is 24.3 Å². The number of carbonyl (C=O) groups excluding carboxylic acids is 2. The van der Waals surface area contributed by atoms with E-state index in [9.17, 15) is 23.1 Å². The van der Waals surface area contributed by atoms with Gasteiger partial charge in [0.1, 0.15) is 5.76 Å². The molecule has 0 spiro atoms. The van der Waals surface area contributed by atoms with Crippen molar-refractivity contribution in [3.05, 3.63) is 95.7 Å². The van der Waals surface area contributed by atoms with Crippen molar-refractivity contribution in [1.82, 2.24) is 25.4 Å². The predicted octanol–water partition coefficient (Wildman–Crippen LogP) is 2.03. The van der Waals surface area contributed by atoms with E-state index in [2.05, 4.69) is 20.7 Å². The lowest BCUT2D eigenvalue weighted by Crippen LogP contribution is -2.42. The van der Waals surface area contributed by atoms with Gasteiger partial charge in [0.25, 0.3) is 11.8 Å². The Morgan fingerprint density at radius 3 is 2.49 bits per heavy atom. The molecular weight excluding hydrogens is 474 g/mol. The second-order valence-corrected chi connectivity index (χ2v) is 9.20. The highest BCUT2D eigenvalue weighted by Crippen LogP contribution is 2.18. The Morgan fingerprint density at radius 2 is 1.77 bits per heavy atom. The summed E-state index contributed by atoms with van der Waals surface area (Å²) in [5.41, 5.74) is 5.24. The summed E-state index contributed by atoms with van der Waals surface area (Å²) in [5, 5.41) is 14.1. The van der Waals surface area contributed by atoms with Gasteiger partial charge >= 0.3 is 0 Å². The van der Waals surface area contributed by atoms with Crippen LogP contribution in [0.4, 0.5) is 0 Å². The minimum Gasteiger partial charge on any atom is -0.504 e. The van der Waals surface area contributed by atoms with Crippen molar-refractivity contribution in [3.8, 4) is 11.4 Å². The molecule has 2 aromatic carbocycles. The van der Waals surface area contributed by atoms with Gasteiger partial charge in [-0.15, -0.1) is 0 Å². The van der Waals surface area contributed by atoms with Crippen LogP contribution in [0.3, 0.4) is 0 Å². The van der Waals surface area contributed by atoms with Gasteiger partial charge < -0.3 is 9.52 Å². The fraction of sp³-hybridized carbons (Fsp3) is 0.0870. The number of para-hydroxylation sites is 1. The molecule has 0 atom stereocenters. The molecular formula is C23H21N5O6S. The molecule has 2 amide bonds. The third-order valence-electron chi connectivity index (χ3n) is 5.00. The van der Waals surface area contributed by atoms with E-state index >= 15 is 0 Å². The number of aromatic nitrogens is 2. The van der Waals surface area contributed by atoms with Crippen LogP contribution in [-0.2, 0) is 16.6 Å². The summed E-state index contributed by atoms with van der Waals surface area (Å²) in [6, 6.07) is 16.1. The van der Waals surface area contributed by atoms with E-state index in [1.165, 1.54) is 35.3 Å². The first-order valence-corrected chi connectivity index (χ1v) is 11.8. The molecule has 35 heavy (non-hydrogen) atoms. The molecule has 4 rings (SSSR count). The zero-order chi connectivity index (χ0) is 25.0. The summed E-state index contributed by atoms with van der Waals surface area (Å²) in [4.78, 5) is 25.0. The molecule has 0 saturated heterocycles. The number of rotatable bonds is 7. The first-order valence-electron chi connectivity index (χ1n) is 10.3. The highest BCUT2D eigenvalue weighted by Gasteiger charge is 2.21. The van der Waals surface area contributed by atoms with E-state index in [1.54, 1.807) is 43.3 Å². The summed E-state index contributed by atoms with van der Waals surface area (Å²) in [6.45, 7) is 1.57. The molecule has 0 saturated carbocycles. The smallest absolute Gasteiger partial charge is 0.294 e. The third kappa shape index (κ3) is 5.39. The third-order valence-corrected chi connectivity index (χ3v) is 6.40. The Kier molecular flexibility index (Phi) is 6.66. The monoisotopic (exact) mass is 495 g/mol. The van der Waals surface area contributed by atoms with Crippen molar-refractivity contribution in [3.63, 3.8) is 0 Å². The molecule has 0 aliphatic carbocycles. The Labute approximate surface area is 200 Å². The fourth-order valence-corrected chi connectivity index (χ4v) is 4.17. The standard InChI is InChI=1S/C23H21N5O6S/c1-15-9-10-18(35(32,33)24-13-17-8-5-11-34-17)12-19(15)22(30)25-26-23(31)21-20(29)14-28(27-21)16-6-3-2-4-7-16/h2-12,14,24,29H,13H2,1H3,(H,25,30)(H,26,31). The normalized spacial score (nSPS) is 11.2. The maximum atomic E-state index is 12.7. The topological polar surface area (TPSA) is 156 Å². The number of amides is 2.